The lowest BCUT2D eigenvalue weighted by Gasteiger charge is -2.31. The van der Waals surface area contributed by atoms with Crippen LogP contribution in [-0.4, -0.2) is 42.5 Å². The van der Waals surface area contributed by atoms with E-state index in [0.29, 0.717) is 31.9 Å². The molecule has 0 fully saturated rings. The third-order valence-corrected chi connectivity index (χ3v) is 7.34. The molecule has 0 saturated heterocycles. The summed E-state index contributed by atoms with van der Waals surface area (Å²) in [6.07, 6.45) is 5.47. The molecule has 0 saturated carbocycles. The first kappa shape index (κ1) is 29.3. The molecule has 2 aromatic carbocycles. The molecule has 1 aliphatic rings. The normalized spacial score (nSPS) is 15.4. The monoisotopic (exact) mass is 509 g/mol. The van der Waals surface area contributed by atoms with Gasteiger partial charge in [-0.05, 0) is 88.0 Å². The maximum absolute atomic E-state index is 11.9. The quantitative estimate of drug-likeness (QED) is 0.293. The number of ether oxygens (including phenoxy) is 2. The number of rotatable bonds is 15. The molecule has 0 aliphatic heterocycles. The van der Waals surface area contributed by atoms with Gasteiger partial charge < -0.3 is 19.9 Å². The van der Waals surface area contributed by atoms with Crippen LogP contribution in [0.1, 0.15) is 87.3 Å². The van der Waals surface area contributed by atoms with Crippen LogP contribution >= 0.6 is 0 Å². The lowest BCUT2D eigenvalue weighted by atomic mass is 9.88. The van der Waals surface area contributed by atoms with Gasteiger partial charge in [-0.25, -0.2) is 0 Å². The van der Waals surface area contributed by atoms with E-state index in [0.717, 1.165) is 48.8 Å². The van der Waals surface area contributed by atoms with Crippen molar-refractivity contribution >= 4 is 5.97 Å². The fourth-order valence-corrected chi connectivity index (χ4v) is 5.59. The molecule has 0 heterocycles. The largest absolute Gasteiger partial charge is 0.466 e. The lowest BCUT2D eigenvalue weighted by Crippen LogP contribution is -2.45. The van der Waals surface area contributed by atoms with Gasteiger partial charge in [-0.2, -0.15) is 0 Å². The summed E-state index contributed by atoms with van der Waals surface area (Å²) in [5.74, 6) is 0.463. The smallest absolute Gasteiger partial charge is 0.306 e. The summed E-state index contributed by atoms with van der Waals surface area (Å²) in [6, 6.07) is 15.1. The molecule has 2 aromatic rings. The number of benzene rings is 2. The molecule has 0 amide bonds. The van der Waals surface area contributed by atoms with Gasteiger partial charge in [0, 0.05) is 18.5 Å². The molecule has 37 heavy (non-hydrogen) atoms. The van der Waals surface area contributed by atoms with E-state index in [-0.39, 0.29) is 24.2 Å². The van der Waals surface area contributed by atoms with Crippen molar-refractivity contribution in [3.8, 4) is 0 Å². The van der Waals surface area contributed by atoms with Crippen LogP contribution in [0.2, 0.25) is 0 Å². The van der Waals surface area contributed by atoms with Crippen LogP contribution < -0.4 is 5.32 Å². The highest BCUT2D eigenvalue weighted by Crippen LogP contribution is 2.32. The molecule has 2 N–H and O–H groups in total. The molecule has 0 spiro atoms. The van der Waals surface area contributed by atoms with Gasteiger partial charge in [0.2, 0.25) is 0 Å². The number of aliphatic hydroxyl groups is 1. The standard InChI is InChI=1S/C32H47NO4/c1-6-10-30(29-15-13-23(3)17-27(29)14-16-31(35)36-7-2)37-22-28(34)21-33-32(4,5)20-24-18-25-11-8-9-12-26(25)19-24/h8-9,11-13,15,17,24,28,30,33-34H,6-7,10,14,16,18-22H2,1-5H3/t28?,30-/m1/s1. The van der Waals surface area contributed by atoms with E-state index in [4.69, 9.17) is 9.47 Å². The number of nitrogens with one attached hydrogen (secondary N) is 1. The zero-order valence-electron chi connectivity index (χ0n) is 23.5. The van der Waals surface area contributed by atoms with E-state index < -0.39 is 6.10 Å². The highest BCUT2D eigenvalue weighted by atomic mass is 16.5. The van der Waals surface area contributed by atoms with Crippen molar-refractivity contribution in [1.29, 1.82) is 0 Å². The number of aryl methyl sites for hydroxylation is 2. The van der Waals surface area contributed by atoms with Crippen molar-refractivity contribution in [2.45, 2.75) is 97.3 Å². The molecule has 0 bridgehead atoms. The summed E-state index contributed by atoms with van der Waals surface area (Å²) in [5.41, 5.74) is 6.30. The molecule has 5 heteroatoms. The summed E-state index contributed by atoms with van der Waals surface area (Å²) in [6.45, 7) is 11.7. The Morgan fingerprint density at radius 3 is 2.49 bits per heavy atom. The third-order valence-electron chi connectivity index (χ3n) is 7.34. The Labute approximate surface area is 224 Å². The fraction of sp³-hybridized carbons (Fsp3) is 0.594. The van der Waals surface area contributed by atoms with Crippen molar-refractivity contribution < 1.29 is 19.4 Å². The van der Waals surface area contributed by atoms with Gasteiger partial charge in [0.15, 0.2) is 0 Å². The first-order valence-electron chi connectivity index (χ1n) is 14.1. The zero-order chi connectivity index (χ0) is 26.8. The predicted molar refractivity (Wildman–Crippen MR) is 150 cm³/mol. The Morgan fingerprint density at radius 1 is 1.14 bits per heavy atom. The Kier molecular flexibility index (Phi) is 11.2. The SMILES string of the molecule is CCC[C@@H](OCC(O)CNC(C)(C)CC1Cc2ccccc2C1)c1ccc(C)cc1CCC(=O)OCC. The van der Waals surface area contributed by atoms with Crippen LogP contribution in [-0.2, 0) is 33.5 Å². The second-order valence-electron chi connectivity index (χ2n) is 11.3. The highest BCUT2D eigenvalue weighted by Gasteiger charge is 2.28. The van der Waals surface area contributed by atoms with Crippen molar-refractivity contribution in [3.05, 3.63) is 70.3 Å². The summed E-state index contributed by atoms with van der Waals surface area (Å²) >= 11 is 0. The van der Waals surface area contributed by atoms with Gasteiger partial charge in [0.1, 0.15) is 0 Å². The molecule has 2 atom stereocenters. The average molecular weight is 510 g/mol. The number of carbonyl (C=O) groups is 1. The molecular formula is C32H47NO4. The minimum atomic E-state index is -0.590. The van der Waals surface area contributed by atoms with E-state index in [1.165, 1.54) is 11.1 Å². The predicted octanol–water partition coefficient (Wildman–Crippen LogP) is 5.88. The number of β-amino-alcohol motifs (C(OH)–C–C–N with tert-alkyl or cyclic N) is 1. The lowest BCUT2D eigenvalue weighted by molar-refractivity contribution is -0.143. The molecular weight excluding hydrogens is 462 g/mol. The van der Waals surface area contributed by atoms with E-state index in [9.17, 15) is 9.90 Å². The van der Waals surface area contributed by atoms with Gasteiger partial charge in [0.25, 0.3) is 0 Å². The van der Waals surface area contributed by atoms with Crippen LogP contribution in [0.25, 0.3) is 0 Å². The van der Waals surface area contributed by atoms with Crippen LogP contribution in [0.5, 0.6) is 0 Å². The van der Waals surface area contributed by atoms with Gasteiger partial charge in [-0.1, -0.05) is 61.4 Å². The summed E-state index contributed by atoms with van der Waals surface area (Å²) in [7, 11) is 0. The number of hydrogen-bond acceptors (Lipinski definition) is 5. The van der Waals surface area contributed by atoms with Crippen LogP contribution in [0.4, 0.5) is 0 Å². The van der Waals surface area contributed by atoms with Crippen molar-refractivity contribution in [2.24, 2.45) is 5.92 Å². The average Bonchev–Trinajstić information content (AvgIpc) is 3.26. The molecule has 0 aromatic heterocycles. The van der Waals surface area contributed by atoms with Gasteiger partial charge in [-0.3, -0.25) is 4.79 Å². The summed E-state index contributed by atoms with van der Waals surface area (Å²) < 4.78 is 11.4. The van der Waals surface area contributed by atoms with E-state index >= 15 is 0 Å². The second-order valence-corrected chi connectivity index (χ2v) is 11.3. The van der Waals surface area contributed by atoms with Crippen molar-refractivity contribution in [1.82, 2.24) is 5.32 Å². The second kappa shape index (κ2) is 14.1. The Morgan fingerprint density at radius 2 is 1.84 bits per heavy atom. The van der Waals surface area contributed by atoms with Crippen LogP contribution in [0.3, 0.4) is 0 Å². The highest BCUT2D eigenvalue weighted by molar-refractivity contribution is 5.69. The minimum Gasteiger partial charge on any atom is -0.466 e. The summed E-state index contributed by atoms with van der Waals surface area (Å²) in [4.78, 5) is 11.9. The topological polar surface area (TPSA) is 67.8 Å². The van der Waals surface area contributed by atoms with Crippen molar-refractivity contribution in [2.75, 3.05) is 19.8 Å². The zero-order valence-corrected chi connectivity index (χ0v) is 23.5. The minimum absolute atomic E-state index is 0.0618. The van der Waals surface area contributed by atoms with Gasteiger partial charge in [-0.15, -0.1) is 0 Å². The van der Waals surface area contributed by atoms with Crippen LogP contribution in [0, 0.1) is 12.8 Å². The molecule has 1 aliphatic carbocycles. The number of esters is 1. The number of aliphatic hydroxyl groups excluding tert-OH is 1. The first-order chi connectivity index (χ1) is 17.7. The van der Waals surface area contributed by atoms with E-state index in [1.54, 1.807) is 0 Å². The molecule has 1 unspecified atom stereocenters. The molecule has 0 radical (unpaired) electrons. The van der Waals surface area contributed by atoms with Gasteiger partial charge >= 0.3 is 5.97 Å². The summed E-state index contributed by atoms with van der Waals surface area (Å²) in [5, 5.41) is 14.4. The number of hydrogen-bond donors (Lipinski definition) is 2. The van der Waals surface area contributed by atoms with E-state index in [1.807, 2.05) is 6.92 Å². The Balaban J connectivity index is 1.52. The van der Waals surface area contributed by atoms with E-state index in [2.05, 4.69) is 75.5 Å². The Hall–Kier alpha value is -2.21. The third kappa shape index (κ3) is 9.24. The number of carbonyl (C=O) groups excluding carboxylic acids is 1. The molecule has 204 valence electrons. The number of fused-ring (bicyclic) bond motifs is 1. The molecule has 5 nitrogen and oxygen atoms in total. The maximum atomic E-state index is 11.9. The Bertz CT molecular complexity index is 977. The van der Waals surface area contributed by atoms with Gasteiger partial charge in [0.05, 0.1) is 25.4 Å². The molecule has 3 rings (SSSR count). The van der Waals surface area contributed by atoms with Crippen molar-refractivity contribution in [3.63, 3.8) is 0 Å². The maximum Gasteiger partial charge on any atom is 0.306 e. The first-order valence-corrected chi connectivity index (χ1v) is 14.1. The fourth-order valence-electron chi connectivity index (χ4n) is 5.59. The van der Waals surface area contributed by atoms with Crippen LogP contribution in [0.15, 0.2) is 42.5 Å².